The first kappa shape index (κ1) is 16.1. The second-order valence-electron chi connectivity index (χ2n) is 3.88. The van der Waals surface area contributed by atoms with E-state index in [4.69, 9.17) is 9.88 Å². The van der Waals surface area contributed by atoms with Gasteiger partial charge in [-0.2, -0.15) is 11.8 Å². The lowest BCUT2D eigenvalue weighted by Crippen LogP contribution is -2.13. The molecule has 0 saturated carbocycles. The SMILES string of the molecule is CCSCCCNc1cc(S(N)(=O)=O)ccc1OC. The van der Waals surface area contributed by atoms with Gasteiger partial charge in [-0.15, -0.1) is 0 Å². The smallest absolute Gasteiger partial charge is 0.238 e. The Hall–Kier alpha value is -0.920. The molecular weight excluding hydrogens is 284 g/mol. The fourth-order valence-electron chi connectivity index (χ4n) is 1.54. The van der Waals surface area contributed by atoms with Gasteiger partial charge in [0.25, 0.3) is 0 Å². The molecule has 0 heterocycles. The van der Waals surface area contributed by atoms with E-state index in [1.807, 2.05) is 11.8 Å². The average Bonchev–Trinajstić information content (AvgIpc) is 2.37. The topological polar surface area (TPSA) is 81.4 Å². The summed E-state index contributed by atoms with van der Waals surface area (Å²) in [5.74, 6) is 2.78. The van der Waals surface area contributed by atoms with Crippen molar-refractivity contribution in [3.05, 3.63) is 18.2 Å². The second-order valence-corrected chi connectivity index (χ2v) is 6.84. The fourth-order valence-corrected chi connectivity index (χ4v) is 2.72. The van der Waals surface area contributed by atoms with Gasteiger partial charge in [-0.25, -0.2) is 13.6 Å². The van der Waals surface area contributed by atoms with Crippen molar-refractivity contribution in [2.45, 2.75) is 18.2 Å². The van der Waals surface area contributed by atoms with E-state index in [2.05, 4.69) is 12.2 Å². The van der Waals surface area contributed by atoms with E-state index in [1.54, 1.807) is 13.2 Å². The molecule has 0 aliphatic carbocycles. The van der Waals surface area contributed by atoms with E-state index in [9.17, 15) is 8.42 Å². The monoisotopic (exact) mass is 304 g/mol. The summed E-state index contributed by atoms with van der Waals surface area (Å²) in [6.07, 6.45) is 1.00. The fraction of sp³-hybridized carbons (Fsp3) is 0.500. The minimum Gasteiger partial charge on any atom is -0.495 e. The van der Waals surface area contributed by atoms with Crippen LogP contribution in [0.4, 0.5) is 5.69 Å². The van der Waals surface area contributed by atoms with Crippen molar-refractivity contribution >= 4 is 27.5 Å². The maximum absolute atomic E-state index is 11.3. The third-order valence-electron chi connectivity index (χ3n) is 2.48. The van der Waals surface area contributed by atoms with Gasteiger partial charge in [-0.05, 0) is 36.1 Å². The second kappa shape index (κ2) is 7.62. The number of anilines is 1. The predicted octanol–water partition coefficient (Wildman–Crippen LogP) is 1.90. The Morgan fingerprint density at radius 2 is 2.16 bits per heavy atom. The minimum atomic E-state index is -3.69. The largest absolute Gasteiger partial charge is 0.495 e. The summed E-state index contributed by atoms with van der Waals surface area (Å²) in [4.78, 5) is 0.0822. The highest BCUT2D eigenvalue weighted by Gasteiger charge is 2.11. The molecular formula is C12H20N2O3S2. The molecule has 108 valence electrons. The first-order chi connectivity index (χ1) is 8.99. The lowest BCUT2D eigenvalue weighted by atomic mass is 10.3. The summed E-state index contributed by atoms with van der Waals surface area (Å²) in [5, 5.41) is 8.29. The quantitative estimate of drug-likeness (QED) is 0.717. The van der Waals surface area contributed by atoms with Crippen molar-refractivity contribution in [1.82, 2.24) is 0 Å². The van der Waals surface area contributed by atoms with Crippen LogP contribution in [0.15, 0.2) is 23.1 Å². The van der Waals surface area contributed by atoms with Crippen LogP contribution < -0.4 is 15.2 Å². The van der Waals surface area contributed by atoms with E-state index in [-0.39, 0.29) is 4.90 Å². The first-order valence-corrected chi connectivity index (χ1v) is 8.71. The number of nitrogens with two attached hydrogens (primary N) is 1. The van der Waals surface area contributed by atoms with Crippen molar-refractivity contribution in [2.24, 2.45) is 5.14 Å². The van der Waals surface area contributed by atoms with Crippen molar-refractivity contribution in [3.63, 3.8) is 0 Å². The maximum Gasteiger partial charge on any atom is 0.238 e. The average molecular weight is 304 g/mol. The van der Waals surface area contributed by atoms with Crippen molar-refractivity contribution in [2.75, 3.05) is 30.5 Å². The summed E-state index contributed by atoms with van der Waals surface area (Å²) in [7, 11) is -2.14. The van der Waals surface area contributed by atoms with E-state index >= 15 is 0 Å². The Labute approximate surface area is 119 Å². The molecule has 0 spiro atoms. The van der Waals surface area contributed by atoms with E-state index in [1.165, 1.54) is 12.1 Å². The van der Waals surface area contributed by atoms with Gasteiger partial charge in [0.15, 0.2) is 0 Å². The summed E-state index contributed by atoms with van der Waals surface area (Å²) in [6, 6.07) is 4.54. The number of thioether (sulfide) groups is 1. The number of benzene rings is 1. The number of methoxy groups -OCH3 is 1. The number of ether oxygens (including phenoxy) is 1. The van der Waals surface area contributed by atoms with Crippen LogP contribution in [0.2, 0.25) is 0 Å². The van der Waals surface area contributed by atoms with Crippen LogP contribution in [-0.4, -0.2) is 33.6 Å². The molecule has 1 aromatic carbocycles. The van der Waals surface area contributed by atoms with Gasteiger partial charge in [0.1, 0.15) is 5.75 Å². The molecule has 3 N–H and O–H groups in total. The molecule has 1 rings (SSSR count). The normalized spacial score (nSPS) is 11.3. The van der Waals surface area contributed by atoms with Crippen LogP contribution in [0.5, 0.6) is 5.75 Å². The minimum absolute atomic E-state index is 0.0822. The number of primary sulfonamides is 1. The number of hydrogen-bond donors (Lipinski definition) is 2. The number of sulfonamides is 1. The standard InChI is InChI=1S/C12H20N2O3S2/c1-3-18-8-4-7-14-11-9-10(19(13,15)16)5-6-12(11)17-2/h5-6,9,14H,3-4,7-8H2,1-2H3,(H2,13,15,16). The molecule has 7 heteroatoms. The molecule has 0 unspecified atom stereocenters. The van der Waals surface area contributed by atoms with Crippen molar-refractivity contribution in [1.29, 1.82) is 0 Å². The van der Waals surface area contributed by atoms with E-state index in [0.717, 1.165) is 24.5 Å². The maximum atomic E-state index is 11.3. The summed E-state index contributed by atoms with van der Waals surface area (Å²) < 4.78 is 27.8. The molecule has 0 bridgehead atoms. The molecule has 19 heavy (non-hydrogen) atoms. The highest BCUT2D eigenvalue weighted by molar-refractivity contribution is 7.99. The van der Waals surface area contributed by atoms with Gasteiger partial charge in [-0.1, -0.05) is 6.92 Å². The molecule has 0 aromatic heterocycles. The zero-order chi connectivity index (χ0) is 14.3. The molecule has 0 radical (unpaired) electrons. The first-order valence-electron chi connectivity index (χ1n) is 6.01. The van der Waals surface area contributed by atoms with Crippen LogP contribution >= 0.6 is 11.8 Å². The molecule has 5 nitrogen and oxygen atoms in total. The van der Waals surface area contributed by atoms with Gasteiger partial charge in [0.05, 0.1) is 17.7 Å². The van der Waals surface area contributed by atoms with Crippen LogP contribution in [0.25, 0.3) is 0 Å². The zero-order valence-corrected chi connectivity index (χ0v) is 12.8. The molecule has 0 aliphatic heterocycles. The number of rotatable bonds is 8. The van der Waals surface area contributed by atoms with E-state index < -0.39 is 10.0 Å². The van der Waals surface area contributed by atoms with E-state index in [0.29, 0.717) is 11.4 Å². The highest BCUT2D eigenvalue weighted by Crippen LogP contribution is 2.27. The van der Waals surface area contributed by atoms with Gasteiger partial charge in [-0.3, -0.25) is 0 Å². The molecule has 1 aromatic rings. The summed E-state index contributed by atoms with van der Waals surface area (Å²) >= 11 is 1.87. The third kappa shape index (κ3) is 5.30. The third-order valence-corrected chi connectivity index (χ3v) is 4.38. The molecule has 0 amide bonds. The molecule has 0 atom stereocenters. The summed E-state index contributed by atoms with van der Waals surface area (Å²) in [6.45, 7) is 2.88. The lowest BCUT2D eigenvalue weighted by molar-refractivity contribution is 0.416. The summed E-state index contributed by atoms with van der Waals surface area (Å²) in [5.41, 5.74) is 0.649. The van der Waals surface area contributed by atoms with Crippen molar-refractivity contribution in [3.8, 4) is 5.75 Å². The molecule has 0 aliphatic rings. The molecule has 0 fully saturated rings. The number of nitrogens with one attached hydrogen (secondary N) is 1. The van der Waals surface area contributed by atoms with Crippen LogP contribution in [0, 0.1) is 0 Å². The van der Waals surface area contributed by atoms with Crippen molar-refractivity contribution < 1.29 is 13.2 Å². The molecule has 0 saturated heterocycles. The van der Waals surface area contributed by atoms with Crippen LogP contribution in [0.3, 0.4) is 0 Å². The Bertz CT molecular complexity index is 504. The van der Waals surface area contributed by atoms with Crippen LogP contribution in [0.1, 0.15) is 13.3 Å². The van der Waals surface area contributed by atoms with Gasteiger partial charge in [0.2, 0.25) is 10.0 Å². The Morgan fingerprint density at radius 1 is 1.42 bits per heavy atom. The predicted molar refractivity (Wildman–Crippen MR) is 80.5 cm³/mol. The van der Waals surface area contributed by atoms with Gasteiger partial charge in [0, 0.05) is 6.54 Å². The number of hydrogen-bond acceptors (Lipinski definition) is 5. The Balaban J connectivity index is 2.74. The Kier molecular flexibility index (Phi) is 6.47. The highest BCUT2D eigenvalue weighted by atomic mass is 32.2. The lowest BCUT2D eigenvalue weighted by Gasteiger charge is -2.12. The van der Waals surface area contributed by atoms with Gasteiger partial charge < -0.3 is 10.1 Å². The van der Waals surface area contributed by atoms with Crippen LogP contribution in [-0.2, 0) is 10.0 Å². The Morgan fingerprint density at radius 3 is 2.74 bits per heavy atom. The zero-order valence-electron chi connectivity index (χ0n) is 11.2. The van der Waals surface area contributed by atoms with Gasteiger partial charge >= 0.3 is 0 Å².